The molecule has 3 aliphatic rings. The standard InChI is InChI=1S/C21H20N2O2/c22-14-20(15-23)9-4-7-17(16-5-2-1-3-6-16)18-13-21(10-8-19(18)20)24-11-12-25-21/h1-8,17-18H,9-13H2/t17?,18-/m0/s1. The van der Waals surface area contributed by atoms with E-state index in [-0.39, 0.29) is 11.8 Å². The van der Waals surface area contributed by atoms with Gasteiger partial charge in [-0.15, -0.1) is 0 Å². The van der Waals surface area contributed by atoms with Crippen molar-refractivity contribution >= 4 is 0 Å². The number of allylic oxidation sites excluding steroid dienone is 3. The van der Waals surface area contributed by atoms with Crippen LogP contribution in [-0.2, 0) is 9.47 Å². The Kier molecular flexibility index (Phi) is 3.96. The summed E-state index contributed by atoms with van der Waals surface area (Å²) >= 11 is 0. The van der Waals surface area contributed by atoms with Crippen LogP contribution in [0.5, 0.6) is 0 Å². The molecule has 4 heteroatoms. The summed E-state index contributed by atoms with van der Waals surface area (Å²) in [5.41, 5.74) is 1.03. The van der Waals surface area contributed by atoms with Crippen LogP contribution in [-0.4, -0.2) is 19.0 Å². The molecule has 0 radical (unpaired) electrons. The van der Waals surface area contributed by atoms with Crippen molar-refractivity contribution in [2.45, 2.75) is 31.0 Å². The monoisotopic (exact) mass is 332 g/mol. The summed E-state index contributed by atoms with van der Waals surface area (Å²) in [4.78, 5) is 0. The van der Waals surface area contributed by atoms with Gasteiger partial charge in [-0.25, -0.2) is 0 Å². The van der Waals surface area contributed by atoms with Gasteiger partial charge in [0.15, 0.2) is 11.2 Å². The lowest BCUT2D eigenvalue weighted by atomic mass is 9.66. The molecule has 0 bridgehead atoms. The highest BCUT2D eigenvalue weighted by Gasteiger charge is 2.50. The lowest BCUT2D eigenvalue weighted by Gasteiger charge is -2.41. The number of nitrogens with zero attached hydrogens (tertiary/aromatic N) is 2. The normalized spacial score (nSPS) is 29.1. The lowest BCUT2D eigenvalue weighted by Crippen LogP contribution is -2.40. The molecule has 1 unspecified atom stereocenters. The van der Waals surface area contributed by atoms with Gasteiger partial charge in [-0.2, -0.15) is 10.5 Å². The first-order valence-corrected chi connectivity index (χ1v) is 8.74. The number of nitriles is 2. The van der Waals surface area contributed by atoms with Gasteiger partial charge >= 0.3 is 0 Å². The van der Waals surface area contributed by atoms with Crippen LogP contribution in [0.4, 0.5) is 0 Å². The molecule has 2 atom stereocenters. The van der Waals surface area contributed by atoms with E-state index < -0.39 is 11.2 Å². The number of hydrogen-bond donors (Lipinski definition) is 0. The smallest absolute Gasteiger partial charge is 0.172 e. The van der Waals surface area contributed by atoms with Gasteiger partial charge in [-0.05, 0) is 17.1 Å². The second-order valence-electron chi connectivity index (χ2n) is 6.98. The van der Waals surface area contributed by atoms with Crippen molar-refractivity contribution in [3.8, 4) is 12.1 Å². The predicted octanol–water partition coefficient (Wildman–Crippen LogP) is 3.84. The molecule has 4 rings (SSSR count). The fraction of sp³-hybridized carbons (Fsp3) is 0.429. The molecule has 1 aromatic carbocycles. The van der Waals surface area contributed by atoms with Crippen molar-refractivity contribution in [2.24, 2.45) is 11.3 Å². The number of ether oxygens (including phenoxy) is 2. The van der Waals surface area contributed by atoms with Gasteiger partial charge in [0, 0.05) is 25.2 Å². The van der Waals surface area contributed by atoms with Crippen molar-refractivity contribution in [1.29, 1.82) is 10.5 Å². The maximum Gasteiger partial charge on any atom is 0.172 e. The summed E-state index contributed by atoms with van der Waals surface area (Å²) in [6, 6.07) is 14.9. The van der Waals surface area contributed by atoms with Gasteiger partial charge in [0.1, 0.15) is 0 Å². The maximum atomic E-state index is 9.81. The minimum absolute atomic E-state index is 0.0206. The fourth-order valence-electron chi connectivity index (χ4n) is 4.40. The Labute approximate surface area is 148 Å². The van der Waals surface area contributed by atoms with Crippen molar-refractivity contribution in [1.82, 2.24) is 0 Å². The van der Waals surface area contributed by atoms with Crippen LogP contribution >= 0.6 is 0 Å². The van der Waals surface area contributed by atoms with E-state index in [0.717, 1.165) is 5.57 Å². The van der Waals surface area contributed by atoms with Gasteiger partial charge in [0.2, 0.25) is 0 Å². The Morgan fingerprint density at radius 2 is 1.72 bits per heavy atom. The highest BCUT2D eigenvalue weighted by atomic mass is 16.7. The first-order valence-electron chi connectivity index (χ1n) is 8.74. The number of benzene rings is 1. The summed E-state index contributed by atoms with van der Waals surface area (Å²) in [6.45, 7) is 1.20. The van der Waals surface area contributed by atoms with Crippen LogP contribution < -0.4 is 0 Å². The van der Waals surface area contributed by atoms with E-state index in [9.17, 15) is 10.5 Å². The molecule has 2 aliphatic carbocycles. The Bertz CT molecular complexity index is 777. The highest BCUT2D eigenvalue weighted by molar-refractivity contribution is 5.43. The van der Waals surface area contributed by atoms with Gasteiger partial charge in [-0.1, -0.05) is 48.6 Å². The summed E-state index contributed by atoms with van der Waals surface area (Å²) in [7, 11) is 0. The first kappa shape index (κ1) is 16.1. The third kappa shape index (κ3) is 2.59. The van der Waals surface area contributed by atoms with E-state index in [2.05, 4.69) is 30.3 Å². The van der Waals surface area contributed by atoms with Crippen LogP contribution in [0.1, 0.15) is 30.7 Å². The Hall–Kier alpha value is -2.40. The summed E-state index contributed by atoms with van der Waals surface area (Å²) < 4.78 is 11.9. The molecule has 1 fully saturated rings. The summed E-state index contributed by atoms with van der Waals surface area (Å²) in [6.07, 6.45) is 7.89. The zero-order valence-electron chi connectivity index (χ0n) is 14.0. The molecular formula is C21H20N2O2. The molecular weight excluding hydrogens is 312 g/mol. The number of hydrogen-bond acceptors (Lipinski definition) is 4. The third-order valence-electron chi connectivity index (χ3n) is 5.64. The Morgan fingerprint density at radius 3 is 2.40 bits per heavy atom. The molecule has 0 saturated carbocycles. The van der Waals surface area contributed by atoms with Gasteiger partial charge in [0.05, 0.1) is 25.4 Å². The Morgan fingerprint density at radius 1 is 1.00 bits per heavy atom. The SMILES string of the molecule is N#CC1(C#N)CC=CC(c2ccccc2)[C@@H]2CC3(CC=C21)OCCO3. The molecule has 0 N–H and O–H groups in total. The Balaban J connectivity index is 1.82. The largest absolute Gasteiger partial charge is 0.347 e. The van der Waals surface area contributed by atoms with Crippen LogP contribution in [0, 0.1) is 34.0 Å². The molecule has 0 aromatic heterocycles. The molecule has 25 heavy (non-hydrogen) atoms. The third-order valence-corrected chi connectivity index (χ3v) is 5.64. The van der Waals surface area contributed by atoms with Crippen molar-refractivity contribution in [2.75, 3.05) is 13.2 Å². The van der Waals surface area contributed by atoms with E-state index in [0.29, 0.717) is 32.5 Å². The minimum Gasteiger partial charge on any atom is -0.347 e. The topological polar surface area (TPSA) is 66.0 Å². The zero-order valence-corrected chi connectivity index (χ0v) is 14.0. The number of rotatable bonds is 1. The van der Waals surface area contributed by atoms with E-state index >= 15 is 0 Å². The van der Waals surface area contributed by atoms with Crippen LogP contribution in [0.15, 0.2) is 54.1 Å². The molecule has 1 spiro atoms. The molecule has 1 aliphatic heterocycles. The van der Waals surface area contributed by atoms with Crippen LogP contribution in [0.25, 0.3) is 0 Å². The van der Waals surface area contributed by atoms with E-state index in [1.807, 2.05) is 30.4 Å². The average Bonchev–Trinajstić information content (AvgIpc) is 3.04. The average molecular weight is 332 g/mol. The second kappa shape index (κ2) is 6.15. The van der Waals surface area contributed by atoms with Crippen molar-refractivity contribution in [3.63, 3.8) is 0 Å². The van der Waals surface area contributed by atoms with Crippen LogP contribution in [0.3, 0.4) is 0 Å². The molecule has 4 nitrogen and oxygen atoms in total. The molecule has 0 amide bonds. The van der Waals surface area contributed by atoms with Crippen molar-refractivity contribution in [3.05, 3.63) is 59.7 Å². The lowest BCUT2D eigenvalue weighted by molar-refractivity contribution is -0.170. The van der Waals surface area contributed by atoms with Gasteiger partial charge < -0.3 is 9.47 Å². The van der Waals surface area contributed by atoms with E-state index in [4.69, 9.17) is 9.47 Å². The molecule has 1 aromatic rings. The predicted molar refractivity (Wildman–Crippen MR) is 92.0 cm³/mol. The number of fused-ring (bicyclic) bond motifs is 1. The first-order chi connectivity index (χ1) is 12.2. The summed E-state index contributed by atoms with van der Waals surface area (Å²) in [5, 5.41) is 19.6. The highest BCUT2D eigenvalue weighted by Crippen LogP contribution is 2.52. The molecule has 1 heterocycles. The fourth-order valence-corrected chi connectivity index (χ4v) is 4.40. The maximum absolute atomic E-state index is 9.81. The van der Waals surface area contributed by atoms with Crippen LogP contribution in [0.2, 0.25) is 0 Å². The molecule has 126 valence electrons. The van der Waals surface area contributed by atoms with Gasteiger partial charge in [-0.3, -0.25) is 0 Å². The van der Waals surface area contributed by atoms with E-state index in [1.54, 1.807) is 0 Å². The van der Waals surface area contributed by atoms with Gasteiger partial charge in [0.25, 0.3) is 0 Å². The molecule has 1 saturated heterocycles. The summed E-state index contributed by atoms with van der Waals surface area (Å²) in [5.74, 6) is -0.468. The quantitative estimate of drug-likeness (QED) is 0.733. The van der Waals surface area contributed by atoms with Crippen molar-refractivity contribution < 1.29 is 9.47 Å². The second-order valence-corrected chi connectivity index (χ2v) is 6.98. The zero-order chi connectivity index (χ0) is 17.3. The van der Waals surface area contributed by atoms with E-state index in [1.165, 1.54) is 5.56 Å². The minimum atomic E-state index is -1.09.